The molecule has 0 aliphatic rings. The Kier molecular flexibility index (Phi) is 5.78. The standard InChI is InChI=1S/C18H15ClF2N2O2S2/c1-11-2-3-13(20)4-12(11)7-22-17-6-16(21)18(5-15(17)19)27(24,25)9-14-8-26-10-23-14/h2-6,8,10,22H,7,9H2,1H3. The topological polar surface area (TPSA) is 59.1 Å². The minimum absolute atomic E-state index is 0.0577. The van der Waals surface area contributed by atoms with Crippen LogP contribution in [-0.2, 0) is 22.1 Å². The van der Waals surface area contributed by atoms with Crippen molar-refractivity contribution in [2.24, 2.45) is 0 Å². The Bertz CT molecular complexity index is 1070. The van der Waals surface area contributed by atoms with Gasteiger partial charge in [0.05, 0.1) is 27.7 Å². The van der Waals surface area contributed by atoms with Crippen molar-refractivity contribution in [3.63, 3.8) is 0 Å². The second-order valence-corrected chi connectivity index (χ2v) is 9.01. The summed E-state index contributed by atoms with van der Waals surface area (Å²) in [6, 6.07) is 6.49. The average Bonchev–Trinajstić information content (AvgIpc) is 3.10. The summed E-state index contributed by atoms with van der Waals surface area (Å²) < 4.78 is 52.7. The first kappa shape index (κ1) is 19.7. The highest BCUT2D eigenvalue weighted by Crippen LogP contribution is 2.30. The van der Waals surface area contributed by atoms with Crippen molar-refractivity contribution >= 4 is 38.5 Å². The summed E-state index contributed by atoms with van der Waals surface area (Å²) in [7, 11) is -3.93. The molecule has 0 atom stereocenters. The average molecular weight is 429 g/mol. The molecule has 9 heteroatoms. The summed E-state index contributed by atoms with van der Waals surface area (Å²) in [6.45, 7) is 2.04. The number of benzene rings is 2. The molecule has 3 rings (SSSR count). The van der Waals surface area contributed by atoms with Crippen LogP contribution in [0.3, 0.4) is 0 Å². The monoisotopic (exact) mass is 428 g/mol. The van der Waals surface area contributed by atoms with Crippen molar-refractivity contribution in [3.05, 3.63) is 74.7 Å². The van der Waals surface area contributed by atoms with Crippen LogP contribution in [0.4, 0.5) is 14.5 Å². The maximum Gasteiger partial charge on any atom is 0.187 e. The number of aromatic nitrogens is 1. The molecule has 1 N–H and O–H groups in total. The number of aryl methyl sites for hydroxylation is 1. The zero-order chi connectivity index (χ0) is 19.6. The van der Waals surface area contributed by atoms with Crippen LogP contribution in [0.25, 0.3) is 0 Å². The van der Waals surface area contributed by atoms with E-state index >= 15 is 0 Å². The van der Waals surface area contributed by atoms with E-state index in [9.17, 15) is 17.2 Å². The summed E-state index contributed by atoms with van der Waals surface area (Å²) in [5.41, 5.74) is 3.63. The molecule has 142 valence electrons. The van der Waals surface area contributed by atoms with Crippen LogP contribution in [0.1, 0.15) is 16.8 Å². The third-order valence-electron chi connectivity index (χ3n) is 3.96. The number of halogens is 3. The largest absolute Gasteiger partial charge is 0.380 e. The lowest BCUT2D eigenvalue weighted by Crippen LogP contribution is -2.09. The Balaban J connectivity index is 1.83. The second kappa shape index (κ2) is 7.92. The molecular formula is C18H15ClF2N2O2S2. The van der Waals surface area contributed by atoms with E-state index in [4.69, 9.17) is 11.6 Å². The molecule has 4 nitrogen and oxygen atoms in total. The lowest BCUT2D eigenvalue weighted by molar-refractivity contribution is 0.566. The predicted octanol–water partition coefficient (Wildman–Crippen LogP) is 4.97. The fourth-order valence-corrected chi connectivity index (χ4v) is 4.82. The molecular weight excluding hydrogens is 414 g/mol. The molecule has 0 saturated heterocycles. The molecule has 2 aromatic carbocycles. The molecule has 27 heavy (non-hydrogen) atoms. The Morgan fingerprint density at radius 2 is 2.00 bits per heavy atom. The highest BCUT2D eigenvalue weighted by Gasteiger charge is 2.23. The summed E-state index contributed by atoms with van der Waals surface area (Å²) in [4.78, 5) is 3.44. The van der Waals surface area contributed by atoms with Crippen LogP contribution >= 0.6 is 22.9 Å². The van der Waals surface area contributed by atoms with Gasteiger partial charge in [-0.3, -0.25) is 0 Å². The van der Waals surface area contributed by atoms with Gasteiger partial charge in [0.15, 0.2) is 9.84 Å². The Morgan fingerprint density at radius 3 is 2.70 bits per heavy atom. The van der Waals surface area contributed by atoms with Crippen LogP contribution in [0, 0.1) is 18.6 Å². The first-order valence-corrected chi connectivity index (χ1v) is 10.8. The Morgan fingerprint density at radius 1 is 1.22 bits per heavy atom. The predicted molar refractivity (Wildman–Crippen MR) is 103 cm³/mol. The second-order valence-electron chi connectivity index (χ2n) is 5.93. The summed E-state index contributed by atoms with van der Waals surface area (Å²) in [5.74, 6) is -1.69. The Hall–Kier alpha value is -2.03. The van der Waals surface area contributed by atoms with E-state index in [-0.39, 0.29) is 23.1 Å². The van der Waals surface area contributed by atoms with Crippen LogP contribution in [-0.4, -0.2) is 13.4 Å². The summed E-state index contributed by atoms with van der Waals surface area (Å²) >= 11 is 7.41. The fourth-order valence-electron chi connectivity index (χ4n) is 2.50. The van der Waals surface area contributed by atoms with Gasteiger partial charge in [-0.15, -0.1) is 11.3 Å². The Labute approximate surface area is 164 Å². The normalized spacial score (nSPS) is 11.6. The van der Waals surface area contributed by atoms with Gasteiger partial charge in [0, 0.05) is 11.9 Å². The maximum atomic E-state index is 14.5. The molecule has 0 amide bonds. The molecule has 0 radical (unpaired) electrons. The quantitative estimate of drug-likeness (QED) is 0.602. The van der Waals surface area contributed by atoms with E-state index < -0.39 is 26.3 Å². The van der Waals surface area contributed by atoms with Crippen LogP contribution in [0.5, 0.6) is 0 Å². The number of hydrogen-bond acceptors (Lipinski definition) is 5. The van der Waals surface area contributed by atoms with Crippen LogP contribution in [0.15, 0.2) is 46.1 Å². The third-order valence-corrected chi connectivity index (χ3v) is 6.57. The van der Waals surface area contributed by atoms with Gasteiger partial charge < -0.3 is 5.32 Å². The molecule has 3 aromatic rings. The van der Waals surface area contributed by atoms with E-state index in [1.165, 1.54) is 29.0 Å². The van der Waals surface area contributed by atoms with Crippen molar-refractivity contribution in [3.8, 4) is 0 Å². The molecule has 1 aromatic heterocycles. The number of nitrogens with zero attached hydrogens (tertiary/aromatic N) is 1. The van der Waals surface area contributed by atoms with E-state index in [1.54, 1.807) is 11.4 Å². The first-order valence-electron chi connectivity index (χ1n) is 7.84. The third kappa shape index (κ3) is 4.63. The first-order chi connectivity index (χ1) is 12.8. The smallest absolute Gasteiger partial charge is 0.187 e. The number of nitrogens with one attached hydrogen (secondary N) is 1. The van der Waals surface area contributed by atoms with Crippen molar-refractivity contribution in [2.75, 3.05) is 5.32 Å². The molecule has 0 bridgehead atoms. The van der Waals surface area contributed by atoms with Crippen molar-refractivity contribution in [1.29, 1.82) is 0 Å². The molecule has 0 fully saturated rings. The van der Waals surface area contributed by atoms with Gasteiger partial charge in [0.2, 0.25) is 0 Å². The van der Waals surface area contributed by atoms with Gasteiger partial charge in [0.1, 0.15) is 16.5 Å². The van der Waals surface area contributed by atoms with E-state index in [0.717, 1.165) is 17.7 Å². The molecule has 0 spiro atoms. The van der Waals surface area contributed by atoms with Crippen LogP contribution < -0.4 is 5.32 Å². The summed E-state index contributed by atoms with van der Waals surface area (Å²) in [5, 5.41) is 4.57. The number of anilines is 1. The molecule has 0 unspecified atom stereocenters. The van der Waals surface area contributed by atoms with Crippen molar-refractivity contribution in [1.82, 2.24) is 4.98 Å². The summed E-state index contributed by atoms with van der Waals surface area (Å²) in [6.07, 6.45) is 0. The van der Waals surface area contributed by atoms with Crippen LogP contribution in [0.2, 0.25) is 5.02 Å². The highest BCUT2D eigenvalue weighted by molar-refractivity contribution is 7.90. The number of hydrogen-bond donors (Lipinski definition) is 1. The van der Waals surface area contributed by atoms with E-state index in [0.29, 0.717) is 11.3 Å². The minimum Gasteiger partial charge on any atom is -0.380 e. The van der Waals surface area contributed by atoms with Gasteiger partial charge >= 0.3 is 0 Å². The molecule has 0 aliphatic carbocycles. The minimum atomic E-state index is -3.93. The van der Waals surface area contributed by atoms with E-state index in [2.05, 4.69) is 10.3 Å². The zero-order valence-electron chi connectivity index (χ0n) is 14.2. The van der Waals surface area contributed by atoms with E-state index in [1.807, 2.05) is 6.92 Å². The van der Waals surface area contributed by atoms with Crippen molar-refractivity contribution < 1.29 is 17.2 Å². The highest BCUT2D eigenvalue weighted by atomic mass is 35.5. The molecule has 0 aliphatic heterocycles. The molecule has 1 heterocycles. The van der Waals surface area contributed by atoms with Gasteiger partial charge in [-0.25, -0.2) is 22.2 Å². The van der Waals surface area contributed by atoms with Gasteiger partial charge in [0.25, 0.3) is 0 Å². The van der Waals surface area contributed by atoms with Crippen molar-refractivity contribution in [2.45, 2.75) is 24.1 Å². The maximum absolute atomic E-state index is 14.5. The fraction of sp³-hybridized carbons (Fsp3) is 0.167. The number of thiazole rings is 1. The van der Waals surface area contributed by atoms with Gasteiger partial charge in [-0.2, -0.15) is 0 Å². The number of rotatable bonds is 6. The van der Waals surface area contributed by atoms with Gasteiger partial charge in [-0.05, 0) is 42.3 Å². The number of sulfone groups is 1. The zero-order valence-corrected chi connectivity index (χ0v) is 16.6. The lowest BCUT2D eigenvalue weighted by Gasteiger charge is -2.13. The lowest BCUT2D eigenvalue weighted by atomic mass is 10.1. The molecule has 0 saturated carbocycles. The SMILES string of the molecule is Cc1ccc(F)cc1CNc1cc(F)c(S(=O)(=O)Cc2cscn2)cc1Cl. The van der Waals surface area contributed by atoms with Gasteiger partial charge in [-0.1, -0.05) is 17.7 Å².